The summed E-state index contributed by atoms with van der Waals surface area (Å²) in [6.45, 7) is 5.24. The van der Waals surface area contributed by atoms with Gasteiger partial charge in [-0.3, -0.25) is 4.79 Å². The third-order valence-corrected chi connectivity index (χ3v) is 4.59. The fourth-order valence-corrected chi connectivity index (χ4v) is 3.23. The molecule has 2 aromatic rings. The van der Waals surface area contributed by atoms with Crippen molar-refractivity contribution >= 4 is 28.6 Å². The van der Waals surface area contributed by atoms with Crippen molar-refractivity contribution in [3.05, 3.63) is 39.8 Å². The van der Waals surface area contributed by atoms with Crippen molar-refractivity contribution in [2.45, 2.75) is 26.8 Å². The van der Waals surface area contributed by atoms with Gasteiger partial charge in [0, 0.05) is 29.7 Å². The SMILES string of the molecule is CC(=O)N1CCc2cc(NCc3scnc3C)ccc21. The molecule has 1 aliphatic rings. The standard InChI is InChI=1S/C15H17N3OS/c1-10-15(20-9-17-10)8-16-13-3-4-14-12(7-13)5-6-18(14)11(2)19/h3-4,7,9,16H,5-6,8H2,1-2H3. The first-order chi connectivity index (χ1) is 9.65. The quantitative estimate of drug-likeness (QED) is 0.944. The number of nitrogens with zero attached hydrogens (tertiary/aromatic N) is 2. The Hall–Kier alpha value is -1.88. The minimum absolute atomic E-state index is 0.116. The van der Waals surface area contributed by atoms with Crippen molar-refractivity contribution in [2.75, 3.05) is 16.8 Å². The lowest BCUT2D eigenvalue weighted by Crippen LogP contribution is -2.25. The summed E-state index contributed by atoms with van der Waals surface area (Å²) in [4.78, 5) is 18.9. The Balaban J connectivity index is 1.74. The number of hydrogen-bond acceptors (Lipinski definition) is 4. The Kier molecular flexibility index (Phi) is 3.44. The first-order valence-electron chi connectivity index (χ1n) is 6.69. The molecule has 1 aromatic heterocycles. The number of benzene rings is 1. The van der Waals surface area contributed by atoms with E-state index in [4.69, 9.17) is 0 Å². The van der Waals surface area contributed by atoms with Gasteiger partial charge < -0.3 is 10.2 Å². The van der Waals surface area contributed by atoms with Gasteiger partial charge in [0.05, 0.1) is 17.7 Å². The summed E-state index contributed by atoms with van der Waals surface area (Å²) in [5.74, 6) is 0.116. The Labute approximate surface area is 122 Å². The van der Waals surface area contributed by atoms with Gasteiger partial charge in [-0.2, -0.15) is 0 Å². The summed E-state index contributed by atoms with van der Waals surface area (Å²) in [6, 6.07) is 6.22. The summed E-state index contributed by atoms with van der Waals surface area (Å²) < 4.78 is 0. The summed E-state index contributed by atoms with van der Waals surface area (Å²) in [5, 5.41) is 3.43. The van der Waals surface area contributed by atoms with E-state index in [1.165, 1.54) is 10.4 Å². The molecule has 0 atom stereocenters. The molecule has 1 N–H and O–H groups in total. The predicted molar refractivity (Wildman–Crippen MR) is 82.4 cm³/mol. The number of hydrogen-bond donors (Lipinski definition) is 1. The normalized spacial score (nSPS) is 13.4. The van der Waals surface area contributed by atoms with Crippen molar-refractivity contribution in [3.63, 3.8) is 0 Å². The van der Waals surface area contributed by atoms with Crippen LogP contribution in [0, 0.1) is 6.92 Å². The van der Waals surface area contributed by atoms with Crippen LogP contribution in [0.15, 0.2) is 23.7 Å². The average molecular weight is 287 g/mol. The topological polar surface area (TPSA) is 45.2 Å². The lowest BCUT2D eigenvalue weighted by atomic mass is 10.1. The van der Waals surface area contributed by atoms with E-state index in [1.54, 1.807) is 18.3 Å². The molecule has 3 rings (SSSR count). The fourth-order valence-electron chi connectivity index (χ4n) is 2.52. The van der Waals surface area contributed by atoms with E-state index in [1.807, 2.05) is 29.5 Å². The summed E-state index contributed by atoms with van der Waals surface area (Å²) in [6.07, 6.45) is 0.935. The first kappa shape index (κ1) is 13.1. The highest BCUT2D eigenvalue weighted by atomic mass is 32.1. The number of thiazole rings is 1. The Morgan fingerprint density at radius 2 is 2.35 bits per heavy atom. The first-order valence-corrected chi connectivity index (χ1v) is 7.57. The summed E-state index contributed by atoms with van der Waals surface area (Å²) >= 11 is 1.67. The van der Waals surface area contributed by atoms with Crippen molar-refractivity contribution in [1.29, 1.82) is 0 Å². The zero-order valence-electron chi connectivity index (χ0n) is 11.6. The Morgan fingerprint density at radius 3 is 3.05 bits per heavy atom. The number of carbonyl (C=O) groups is 1. The van der Waals surface area contributed by atoms with Crippen LogP contribution >= 0.6 is 11.3 Å². The van der Waals surface area contributed by atoms with E-state index in [2.05, 4.69) is 16.4 Å². The van der Waals surface area contributed by atoms with E-state index < -0.39 is 0 Å². The highest BCUT2D eigenvalue weighted by Gasteiger charge is 2.21. The van der Waals surface area contributed by atoms with Gasteiger partial charge >= 0.3 is 0 Å². The van der Waals surface area contributed by atoms with Gasteiger partial charge in [0.1, 0.15) is 0 Å². The lowest BCUT2D eigenvalue weighted by molar-refractivity contribution is -0.116. The van der Waals surface area contributed by atoms with Gasteiger partial charge in [0.25, 0.3) is 0 Å². The van der Waals surface area contributed by atoms with Crippen molar-refractivity contribution in [3.8, 4) is 0 Å². The molecule has 1 amide bonds. The van der Waals surface area contributed by atoms with E-state index in [0.717, 1.165) is 36.6 Å². The van der Waals surface area contributed by atoms with Gasteiger partial charge in [-0.15, -0.1) is 11.3 Å². The highest BCUT2D eigenvalue weighted by molar-refractivity contribution is 7.09. The zero-order chi connectivity index (χ0) is 14.1. The molecule has 0 aliphatic carbocycles. The maximum Gasteiger partial charge on any atom is 0.223 e. The molecular weight excluding hydrogens is 270 g/mol. The predicted octanol–water partition coefficient (Wildman–Crippen LogP) is 2.97. The third kappa shape index (κ3) is 2.41. The minimum atomic E-state index is 0.116. The minimum Gasteiger partial charge on any atom is -0.380 e. The second-order valence-electron chi connectivity index (χ2n) is 4.98. The van der Waals surface area contributed by atoms with Crippen molar-refractivity contribution < 1.29 is 4.79 Å². The summed E-state index contributed by atoms with van der Waals surface area (Å²) in [7, 11) is 0. The van der Waals surface area contributed by atoms with Crippen LogP contribution in [0.5, 0.6) is 0 Å². The molecule has 0 radical (unpaired) electrons. The molecular formula is C15H17N3OS. The number of anilines is 2. The number of aryl methyl sites for hydroxylation is 1. The Morgan fingerprint density at radius 1 is 1.50 bits per heavy atom. The second-order valence-corrected chi connectivity index (χ2v) is 5.92. The molecule has 0 fully saturated rings. The number of nitrogens with one attached hydrogen (secondary N) is 1. The molecule has 0 saturated carbocycles. The van der Waals surface area contributed by atoms with Crippen LogP contribution in [-0.2, 0) is 17.8 Å². The molecule has 0 spiro atoms. The molecule has 4 nitrogen and oxygen atoms in total. The van der Waals surface area contributed by atoms with Crippen LogP contribution < -0.4 is 10.2 Å². The molecule has 0 saturated heterocycles. The molecule has 5 heteroatoms. The molecule has 104 valence electrons. The number of carbonyl (C=O) groups excluding carboxylic acids is 1. The number of fused-ring (bicyclic) bond motifs is 1. The van der Waals surface area contributed by atoms with Gasteiger partial charge in [-0.05, 0) is 37.1 Å². The smallest absolute Gasteiger partial charge is 0.223 e. The lowest BCUT2D eigenvalue weighted by Gasteiger charge is -2.15. The van der Waals surface area contributed by atoms with E-state index >= 15 is 0 Å². The third-order valence-electron chi connectivity index (χ3n) is 3.65. The molecule has 20 heavy (non-hydrogen) atoms. The van der Waals surface area contributed by atoms with Crippen LogP contribution in [-0.4, -0.2) is 17.4 Å². The van der Waals surface area contributed by atoms with Gasteiger partial charge in [-0.1, -0.05) is 0 Å². The van der Waals surface area contributed by atoms with E-state index in [-0.39, 0.29) is 5.91 Å². The van der Waals surface area contributed by atoms with Crippen LogP contribution in [0.4, 0.5) is 11.4 Å². The van der Waals surface area contributed by atoms with E-state index in [9.17, 15) is 4.79 Å². The molecule has 0 unspecified atom stereocenters. The maximum absolute atomic E-state index is 11.5. The maximum atomic E-state index is 11.5. The monoisotopic (exact) mass is 287 g/mol. The van der Waals surface area contributed by atoms with E-state index in [0.29, 0.717) is 0 Å². The highest BCUT2D eigenvalue weighted by Crippen LogP contribution is 2.30. The van der Waals surface area contributed by atoms with Crippen molar-refractivity contribution in [2.24, 2.45) is 0 Å². The molecule has 2 heterocycles. The van der Waals surface area contributed by atoms with Crippen LogP contribution in [0.25, 0.3) is 0 Å². The van der Waals surface area contributed by atoms with Gasteiger partial charge in [0.2, 0.25) is 5.91 Å². The van der Waals surface area contributed by atoms with Gasteiger partial charge in [0.15, 0.2) is 0 Å². The van der Waals surface area contributed by atoms with Crippen molar-refractivity contribution in [1.82, 2.24) is 4.98 Å². The molecule has 1 aromatic carbocycles. The fraction of sp³-hybridized carbons (Fsp3) is 0.333. The van der Waals surface area contributed by atoms with Crippen LogP contribution in [0.2, 0.25) is 0 Å². The Bertz CT molecular complexity index is 650. The number of aromatic nitrogens is 1. The molecule has 1 aliphatic heterocycles. The summed E-state index contributed by atoms with van der Waals surface area (Å²) in [5.41, 5.74) is 6.36. The molecule has 0 bridgehead atoms. The number of rotatable bonds is 3. The second kappa shape index (κ2) is 5.25. The van der Waals surface area contributed by atoms with Crippen LogP contribution in [0.3, 0.4) is 0 Å². The number of amides is 1. The van der Waals surface area contributed by atoms with Gasteiger partial charge in [-0.25, -0.2) is 4.98 Å². The zero-order valence-corrected chi connectivity index (χ0v) is 12.5. The average Bonchev–Trinajstić information content (AvgIpc) is 3.02. The largest absolute Gasteiger partial charge is 0.380 e. The van der Waals surface area contributed by atoms with Crippen LogP contribution in [0.1, 0.15) is 23.1 Å².